The van der Waals surface area contributed by atoms with E-state index in [9.17, 15) is 4.79 Å². The lowest BCUT2D eigenvalue weighted by Crippen LogP contribution is -2.26. The number of rotatable bonds is 5. The first kappa shape index (κ1) is 14.2. The molecule has 20 heavy (non-hydrogen) atoms. The first-order valence-electron chi connectivity index (χ1n) is 6.46. The molecule has 0 spiro atoms. The van der Waals surface area contributed by atoms with Gasteiger partial charge >= 0.3 is 0 Å². The Kier molecular flexibility index (Phi) is 4.47. The number of hydrogen-bond donors (Lipinski definition) is 3. The quantitative estimate of drug-likeness (QED) is 0.755. The molecule has 0 saturated heterocycles. The van der Waals surface area contributed by atoms with Crippen LogP contribution >= 0.6 is 0 Å². The molecule has 3 N–H and O–H groups in total. The summed E-state index contributed by atoms with van der Waals surface area (Å²) in [4.78, 5) is 15.9. The van der Waals surface area contributed by atoms with Crippen LogP contribution in [0.1, 0.15) is 33.0 Å². The molecule has 0 bridgehead atoms. The molecule has 0 atom stereocenters. The van der Waals surface area contributed by atoms with E-state index in [2.05, 4.69) is 20.5 Å². The predicted molar refractivity (Wildman–Crippen MR) is 74.3 cm³/mol. The van der Waals surface area contributed by atoms with Gasteiger partial charge in [0.1, 0.15) is 5.69 Å². The summed E-state index contributed by atoms with van der Waals surface area (Å²) in [6.07, 6.45) is 2.24. The third-order valence-corrected chi connectivity index (χ3v) is 3.18. The molecule has 6 nitrogen and oxygen atoms in total. The molecule has 0 aliphatic rings. The van der Waals surface area contributed by atoms with Crippen molar-refractivity contribution in [2.24, 2.45) is 0 Å². The van der Waals surface area contributed by atoms with Gasteiger partial charge in [-0.1, -0.05) is 0 Å². The third-order valence-electron chi connectivity index (χ3n) is 3.18. The zero-order valence-corrected chi connectivity index (χ0v) is 11.6. The molecule has 2 rings (SSSR count). The fraction of sp³-hybridized carbons (Fsp3) is 0.357. The van der Waals surface area contributed by atoms with Crippen LogP contribution < -0.4 is 5.32 Å². The van der Waals surface area contributed by atoms with E-state index in [-0.39, 0.29) is 12.5 Å². The molecule has 2 aromatic heterocycles. The number of pyridine rings is 1. The number of aliphatic hydroxyl groups excluding tert-OH is 1. The summed E-state index contributed by atoms with van der Waals surface area (Å²) < 4.78 is 0. The fourth-order valence-electron chi connectivity index (χ4n) is 2.03. The summed E-state index contributed by atoms with van der Waals surface area (Å²) >= 11 is 0. The van der Waals surface area contributed by atoms with Gasteiger partial charge in [0.2, 0.25) is 0 Å². The molecule has 6 heteroatoms. The van der Waals surface area contributed by atoms with Crippen molar-refractivity contribution in [3.05, 3.63) is 46.5 Å². The molecule has 0 saturated carbocycles. The van der Waals surface area contributed by atoms with Crippen LogP contribution in [-0.2, 0) is 13.0 Å². The first-order valence-corrected chi connectivity index (χ1v) is 6.46. The summed E-state index contributed by atoms with van der Waals surface area (Å²) in [7, 11) is 0. The van der Waals surface area contributed by atoms with Gasteiger partial charge < -0.3 is 10.4 Å². The van der Waals surface area contributed by atoms with E-state index in [1.165, 1.54) is 6.20 Å². The lowest BCUT2D eigenvalue weighted by molar-refractivity contribution is 0.0949. The number of nitrogens with zero attached hydrogens (tertiary/aromatic N) is 2. The van der Waals surface area contributed by atoms with E-state index < -0.39 is 0 Å². The largest absolute Gasteiger partial charge is 0.392 e. The lowest BCUT2D eigenvalue weighted by Gasteiger charge is -2.06. The molecule has 0 aliphatic carbocycles. The van der Waals surface area contributed by atoms with Gasteiger partial charge in [-0.15, -0.1) is 0 Å². The number of nitrogens with one attached hydrogen (secondary N) is 2. The molecular formula is C14H18N4O2. The van der Waals surface area contributed by atoms with Gasteiger partial charge in [0.15, 0.2) is 0 Å². The molecule has 1 amide bonds. The molecule has 2 heterocycles. The maximum Gasteiger partial charge on any atom is 0.269 e. The maximum atomic E-state index is 11.9. The molecule has 0 fully saturated rings. The second-order valence-electron chi connectivity index (χ2n) is 4.63. The van der Waals surface area contributed by atoms with Crippen LogP contribution in [0.2, 0.25) is 0 Å². The zero-order chi connectivity index (χ0) is 14.5. The summed E-state index contributed by atoms with van der Waals surface area (Å²) in [5, 5.41) is 18.9. The van der Waals surface area contributed by atoms with E-state index in [0.29, 0.717) is 17.8 Å². The highest BCUT2D eigenvalue weighted by Crippen LogP contribution is 2.09. The van der Waals surface area contributed by atoms with Gasteiger partial charge in [0, 0.05) is 18.4 Å². The maximum absolute atomic E-state index is 11.9. The molecular weight excluding hydrogens is 256 g/mol. The van der Waals surface area contributed by atoms with Crippen LogP contribution in [0.3, 0.4) is 0 Å². The number of aliphatic hydroxyl groups is 1. The smallest absolute Gasteiger partial charge is 0.269 e. The van der Waals surface area contributed by atoms with Crippen LogP contribution in [0.25, 0.3) is 0 Å². The Morgan fingerprint density at radius 1 is 1.45 bits per heavy atom. The standard InChI is InChI=1S/C14H18N4O2/c1-9-12(10(2)18-17-9)4-6-16-14(20)13-7-11(8-19)3-5-15-13/h3,5,7,19H,4,6,8H2,1-2H3,(H,16,20)(H,17,18). The van der Waals surface area contributed by atoms with Crippen molar-refractivity contribution in [2.75, 3.05) is 6.54 Å². The van der Waals surface area contributed by atoms with Crippen LogP contribution in [-0.4, -0.2) is 32.7 Å². The van der Waals surface area contributed by atoms with Crippen LogP contribution in [0.15, 0.2) is 18.3 Å². The van der Waals surface area contributed by atoms with Crippen molar-refractivity contribution in [3.63, 3.8) is 0 Å². The topological polar surface area (TPSA) is 90.9 Å². The highest BCUT2D eigenvalue weighted by atomic mass is 16.3. The van der Waals surface area contributed by atoms with Gasteiger partial charge in [-0.05, 0) is 43.5 Å². The highest BCUT2D eigenvalue weighted by Gasteiger charge is 2.09. The number of hydrogen-bond acceptors (Lipinski definition) is 4. The minimum atomic E-state index is -0.237. The Bertz CT molecular complexity index is 587. The Morgan fingerprint density at radius 3 is 2.90 bits per heavy atom. The molecule has 106 valence electrons. The van der Waals surface area contributed by atoms with Crippen molar-refractivity contribution in [2.45, 2.75) is 26.9 Å². The highest BCUT2D eigenvalue weighted by molar-refractivity contribution is 5.92. The van der Waals surface area contributed by atoms with E-state index >= 15 is 0 Å². The van der Waals surface area contributed by atoms with Gasteiger partial charge in [-0.3, -0.25) is 14.9 Å². The number of aromatic amines is 1. The Balaban J connectivity index is 1.92. The molecule has 0 unspecified atom stereocenters. The van der Waals surface area contributed by atoms with Crippen molar-refractivity contribution in [1.29, 1.82) is 0 Å². The summed E-state index contributed by atoms with van der Waals surface area (Å²) in [6, 6.07) is 3.26. The van der Waals surface area contributed by atoms with Crippen LogP contribution in [0, 0.1) is 13.8 Å². The first-order chi connectivity index (χ1) is 9.61. The van der Waals surface area contributed by atoms with Crippen molar-refractivity contribution < 1.29 is 9.90 Å². The number of amides is 1. The van der Waals surface area contributed by atoms with Crippen molar-refractivity contribution in [3.8, 4) is 0 Å². The average Bonchev–Trinajstić information content (AvgIpc) is 2.79. The molecule has 0 aromatic carbocycles. The van der Waals surface area contributed by atoms with Crippen molar-refractivity contribution in [1.82, 2.24) is 20.5 Å². The summed E-state index contributed by atoms with van der Waals surface area (Å²) in [5.74, 6) is -0.237. The summed E-state index contributed by atoms with van der Waals surface area (Å²) in [5.41, 5.74) is 4.10. The fourth-order valence-corrected chi connectivity index (χ4v) is 2.03. The van der Waals surface area contributed by atoms with Crippen molar-refractivity contribution >= 4 is 5.91 Å². The molecule has 0 radical (unpaired) electrons. The minimum Gasteiger partial charge on any atom is -0.392 e. The normalized spacial score (nSPS) is 10.6. The van der Waals surface area contributed by atoms with E-state index in [4.69, 9.17) is 5.11 Å². The number of aromatic nitrogens is 3. The number of aryl methyl sites for hydroxylation is 2. The average molecular weight is 274 g/mol. The lowest BCUT2D eigenvalue weighted by atomic mass is 10.1. The predicted octanol–water partition coefficient (Wildman–Crippen LogP) is 0.886. The Morgan fingerprint density at radius 2 is 2.25 bits per heavy atom. The van der Waals surface area contributed by atoms with Gasteiger partial charge in [-0.25, -0.2) is 0 Å². The molecule has 0 aliphatic heterocycles. The Hall–Kier alpha value is -2.21. The summed E-state index contributed by atoms with van der Waals surface area (Å²) in [6.45, 7) is 4.32. The zero-order valence-electron chi connectivity index (χ0n) is 11.6. The Labute approximate surface area is 117 Å². The van der Waals surface area contributed by atoms with E-state index in [1.54, 1.807) is 12.1 Å². The molecule has 2 aromatic rings. The van der Waals surface area contributed by atoms with Crippen LogP contribution in [0.4, 0.5) is 0 Å². The monoisotopic (exact) mass is 274 g/mol. The number of carbonyl (C=O) groups excluding carboxylic acids is 1. The van der Waals surface area contributed by atoms with Gasteiger partial charge in [0.25, 0.3) is 5.91 Å². The second kappa shape index (κ2) is 6.29. The van der Waals surface area contributed by atoms with Crippen LogP contribution in [0.5, 0.6) is 0 Å². The van der Waals surface area contributed by atoms with E-state index in [1.807, 2.05) is 13.8 Å². The SMILES string of the molecule is Cc1n[nH]c(C)c1CCNC(=O)c1cc(CO)ccn1. The van der Waals surface area contributed by atoms with Gasteiger partial charge in [0.05, 0.1) is 12.3 Å². The second-order valence-corrected chi connectivity index (χ2v) is 4.63. The third kappa shape index (κ3) is 3.21. The minimum absolute atomic E-state index is 0.101. The number of carbonyl (C=O) groups is 1. The number of H-pyrrole nitrogens is 1. The van der Waals surface area contributed by atoms with Gasteiger partial charge in [-0.2, -0.15) is 5.10 Å². The van der Waals surface area contributed by atoms with E-state index in [0.717, 1.165) is 23.4 Å².